The van der Waals surface area contributed by atoms with Gasteiger partial charge in [0.05, 0.1) is 21.0 Å². The van der Waals surface area contributed by atoms with E-state index in [0.717, 1.165) is 40.7 Å². The lowest BCUT2D eigenvalue weighted by molar-refractivity contribution is 0.112. The zero-order valence-electron chi connectivity index (χ0n) is 17.2. The van der Waals surface area contributed by atoms with Gasteiger partial charge in [0.15, 0.2) is 6.29 Å². The van der Waals surface area contributed by atoms with Crippen LogP contribution < -0.4 is 4.90 Å². The summed E-state index contributed by atoms with van der Waals surface area (Å²) >= 11 is 3.13. The molecule has 0 bridgehead atoms. The summed E-state index contributed by atoms with van der Waals surface area (Å²) in [6.07, 6.45) is 2.49. The first-order valence-electron chi connectivity index (χ1n) is 9.49. The number of aliphatic hydroxyl groups is 1. The van der Waals surface area contributed by atoms with Gasteiger partial charge in [0, 0.05) is 31.1 Å². The van der Waals surface area contributed by atoms with Gasteiger partial charge in [-0.05, 0) is 35.4 Å². The Hall–Kier alpha value is -2.46. The number of aldehydes is 1. The predicted octanol–water partition coefficient (Wildman–Crippen LogP) is 5.84. The van der Waals surface area contributed by atoms with Crippen LogP contribution in [0.3, 0.4) is 0 Å². The first kappa shape index (κ1) is 22.8. The van der Waals surface area contributed by atoms with E-state index < -0.39 is 0 Å². The molecule has 0 atom stereocenters. The highest BCUT2D eigenvalue weighted by atomic mass is 32.1. The maximum absolute atomic E-state index is 11.5. The van der Waals surface area contributed by atoms with Gasteiger partial charge in [0.1, 0.15) is 6.07 Å². The molecule has 0 radical (unpaired) electrons. The van der Waals surface area contributed by atoms with Gasteiger partial charge in [-0.15, -0.1) is 22.7 Å². The summed E-state index contributed by atoms with van der Waals surface area (Å²) in [5, 5.41) is 19.5. The Morgan fingerprint density at radius 2 is 1.76 bits per heavy atom. The molecule has 3 rings (SSSR count). The molecule has 1 aromatic carbocycles. The van der Waals surface area contributed by atoms with Crippen LogP contribution in [0.25, 0.3) is 21.6 Å². The van der Waals surface area contributed by atoms with Crippen molar-refractivity contribution in [3.8, 4) is 27.6 Å². The number of nitriles is 1. The maximum atomic E-state index is 11.5. The molecular weight excluding hydrogens is 400 g/mol. The third kappa shape index (κ3) is 5.13. The van der Waals surface area contributed by atoms with Crippen LogP contribution in [0.2, 0.25) is 0 Å². The first-order chi connectivity index (χ1) is 14.0. The van der Waals surface area contributed by atoms with Crippen molar-refractivity contribution < 1.29 is 9.90 Å². The largest absolute Gasteiger partial charge is 0.396 e. The SMILES string of the molecule is CCCO.CCc1sc(C=O)c(-c2ccc(-c3sccc3N(C)C)cc2)c1C#N. The van der Waals surface area contributed by atoms with Crippen molar-refractivity contribution in [1.82, 2.24) is 0 Å². The Bertz CT molecular complexity index is 977. The Morgan fingerprint density at radius 1 is 1.14 bits per heavy atom. The molecule has 0 saturated carbocycles. The van der Waals surface area contributed by atoms with Gasteiger partial charge < -0.3 is 10.0 Å². The smallest absolute Gasteiger partial charge is 0.160 e. The summed E-state index contributed by atoms with van der Waals surface area (Å²) in [4.78, 5) is 16.4. The van der Waals surface area contributed by atoms with E-state index in [2.05, 4.69) is 34.5 Å². The Morgan fingerprint density at radius 3 is 2.24 bits per heavy atom. The maximum Gasteiger partial charge on any atom is 0.160 e. The van der Waals surface area contributed by atoms with Crippen molar-refractivity contribution >= 4 is 34.6 Å². The van der Waals surface area contributed by atoms with Gasteiger partial charge in [-0.1, -0.05) is 38.1 Å². The highest BCUT2D eigenvalue weighted by Crippen LogP contribution is 2.39. The molecule has 0 saturated heterocycles. The minimum atomic E-state index is 0.319. The van der Waals surface area contributed by atoms with Gasteiger partial charge >= 0.3 is 0 Å². The van der Waals surface area contributed by atoms with Crippen LogP contribution in [0, 0.1) is 11.3 Å². The molecule has 4 nitrogen and oxygen atoms in total. The van der Waals surface area contributed by atoms with Crippen LogP contribution in [0.5, 0.6) is 0 Å². The van der Waals surface area contributed by atoms with Gasteiger partial charge in [0.2, 0.25) is 0 Å². The topological polar surface area (TPSA) is 64.3 Å². The fraction of sp³-hybridized carbons (Fsp3) is 0.304. The summed E-state index contributed by atoms with van der Waals surface area (Å²) in [5.74, 6) is 0. The molecule has 0 amide bonds. The van der Waals surface area contributed by atoms with Crippen LogP contribution in [0.4, 0.5) is 5.69 Å². The Balaban J connectivity index is 0.000000687. The lowest BCUT2D eigenvalue weighted by Crippen LogP contribution is -2.08. The minimum absolute atomic E-state index is 0.319. The second-order valence-corrected chi connectivity index (χ2v) is 8.61. The van der Waals surface area contributed by atoms with E-state index in [1.165, 1.54) is 21.9 Å². The molecule has 29 heavy (non-hydrogen) atoms. The van der Waals surface area contributed by atoms with E-state index in [0.29, 0.717) is 17.0 Å². The zero-order chi connectivity index (χ0) is 21.4. The quantitative estimate of drug-likeness (QED) is 0.503. The van der Waals surface area contributed by atoms with E-state index in [1.54, 1.807) is 11.3 Å². The molecule has 152 valence electrons. The number of rotatable bonds is 6. The highest BCUT2D eigenvalue weighted by molar-refractivity contribution is 7.14. The van der Waals surface area contributed by atoms with E-state index in [9.17, 15) is 10.1 Å². The van der Waals surface area contributed by atoms with Crippen molar-refractivity contribution in [3.05, 3.63) is 51.0 Å². The number of carbonyl (C=O) groups excluding carboxylic acids is 1. The number of nitrogens with zero attached hydrogens (tertiary/aromatic N) is 2. The number of benzene rings is 1. The molecule has 3 aromatic rings. The van der Waals surface area contributed by atoms with E-state index in [1.807, 2.05) is 40.1 Å². The summed E-state index contributed by atoms with van der Waals surface area (Å²) in [7, 11) is 4.07. The van der Waals surface area contributed by atoms with Crippen molar-refractivity contribution in [2.45, 2.75) is 26.7 Å². The number of carbonyl (C=O) groups is 1. The van der Waals surface area contributed by atoms with Gasteiger partial charge in [-0.25, -0.2) is 0 Å². The average molecular weight is 427 g/mol. The number of anilines is 1. The van der Waals surface area contributed by atoms with Crippen molar-refractivity contribution in [2.24, 2.45) is 0 Å². The van der Waals surface area contributed by atoms with Crippen LogP contribution in [-0.4, -0.2) is 32.1 Å². The lowest BCUT2D eigenvalue weighted by atomic mass is 9.99. The van der Waals surface area contributed by atoms with Crippen LogP contribution in [-0.2, 0) is 6.42 Å². The van der Waals surface area contributed by atoms with Crippen LogP contribution in [0.15, 0.2) is 35.7 Å². The molecule has 1 N–H and O–H groups in total. The third-order valence-electron chi connectivity index (χ3n) is 4.33. The summed E-state index contributed by atoms with van der Waals surface area (Å²) in [5.41, 5.74) is 4.64. The zero-order valence-corrected chi connectivity index (χ0v) is 18.9. The minimum Gasteiger partial charge on any atom is -0.396 e. The number of hydrogen-bond donors (Lipinski definition) is 1. The number of aryl methyl sites for hydroxylation is 1. The standard InChI is InChI=1S/C20H18N2OS2.C3H8O/c1-4-17-15(11-21)19(18(12-23)25-17)13-5-7-14(8-6-13)20-16(22(2)3)9-10-24-20;1-2-3-4/h5-10,12H,4H2,1-3H3;4H,2-3H2,1H3. The van der Waals surface area contributed by atoms with Crippen LogP contribution in [0.1, 0.15) is 40.4 Å². The van der Waals surface area contributed by atoms with Gasteiger partial charge in [-0.3, -0.25) is 4.79 Å². The molecule has 0 spiro atoms. The second-order valence-electron chi connectivity index (χ2n) is 6.55. The molecule has 0 aliphatic carbocycles. The fourth-order valence-electron chi connectivity index (χ4n) is 2.89. The van der Waals surface area contributed by atoms with Gasteiger partial charge in [0.25, 0.3) is 0 Å². The highest BCUT2D eigenvalue weighted by Gasteiger charge is 2.18. The van der Waals surface area contributed by atoms with Crippen LogP contribution >= 0.6 is 22.7 Å². The fourth-order valence-corrected chi connectivity index (χ4v) is 4.90. The van der Waals surface area contributed by atoms with E-state index in [4.69, 9.17) is 5.11 Å². The average Bonchev–Trinajstić information content (AvgIpc) is 3.38. The summed E-state index contributed by atoms with van der Waals surface area (Å²) in [6.45, 7) is 4.26. The first-order valence-corrected chi connectivity index (χ1v) is 11.2. The number of thiophene rings is 2. The molecule has 0 fully saturated rings. The van der Waals surface area contributed by atoms with E-state index in [-0.39, 0.29) is 0 Å². The second kappa shape index (κ2) is 10.9. The van der Waals surface area contributed by atoms with Crippen molar-refractivity contribution in [3.63, 3.8) is 0 Å². The molecule has 0 aliphatic rings. The molecule has 0 unspecified atom stereocenters. The summed E-state index contributed by atoms with van der Waals surface area (Å²) < 4.78 is 0. The Kier molecular flexibility index (Phi) is 8.59. The molecular formula is C23H26N2O2S2. The Labute approximate surface area is 180 Å². The van der Waals surface area contributed by atoms with E-state index >= 15 is 0 Å². The molecule has 0 aliphatic heterocycles. The summed E-state index contributed by atoms with van der Waals surface area (Å²) in [6, 6.07) is 12.5. The number of aliphatic hydroxyl groups excluding tert-OH is 1. The van der Waals surface area contributed by atoms with Crippen molar-refractivity contribution in [1.29, 1.82) is 5.26 Å². The third-order valence-corrected chi connectivity index (χ3v) is 6.55. The molecule has 6 heteroatoms. The molecule has 2 aromatic heterocycles. The number of hydrogen-bond acceptors (Lipinski definition) is 6. The molecule has 2 heterocycles. The monoisotopic (exact) mass is 426 g/mol. The lowest BCUT2D eigenvalue weighted by Gasteiger charge is -2.13. The predicted molar refractivity (Wildman–Crippen MR) is 124 cm³/mol. The van der Waals surface area contributed by atoms with Gasteiger partial charge in [-0.2, -0.15) is 5.26 Å². The van der Waals surface area contributed by atoms with Crippen molar-refractivity contribution in [2.75, 3.05) is 25.6 Å². The normalized spacial score (nSPS) is 10.1.